The van der Waals surface area contributed by atoms with E-state index in [-0.39, 0.29) is 23.1 Å². The van der Waals surface area contributed by atoms with Gasteiger partial charge in [-0.3, -0.25) is 4.72 Å². The fourth-order valence-corrected chi connectivity index (χ4v) is 4.37. The van der Waals surface area contributed by atoms with Crippen LogP contribution in [0.15, 0.2) is 23.2 Å². The average Bonchev–Trinajstić information content (AvgIpc) is 3.00. The predicted molar refractivity (Wildman–Crippen MR) is 85.8 cm³/mol. The number of aromatic nitrogens is 1. The smallest absolute Gasteiger partial charge is 0.381 e. The Labute approximate surface area is 151 Å². The molecule has 0 saturated heterocycles. The number of nitrogens with one attached hydrogen (secondary N) is 2. The molecule has 0 fully saturated rings. The molecule has 0 amide bonds. The van der Waals surface area contributed by atoms with Gasteiger partial charge in [-0.2, -0.15) is 13.2 Å². The maximum Gasteiger partial charge on any atom is 0.419 e. The highest BCUT2D eigenvalue weighted by molar-refractivity contribution is 7.92. The first kappa shape index (κ1) is 19.6. The first-order valence-corrected chi connectivity index (χ1v) is 9.32. The first-order valence-electron chi connectivity index (χ1n) is 7.84. The predicted octanol–water partition coefficient (Wildman–Crippen LogP) is 3.62. The molecule has 3 rings (SSSR count). The zero-order valence-electron chi connectivity index (χ0n) is 14.0. The van der Waals surface area contributed by atoms with E-state index in [0.717, 1.165) is 0 Å². The first-order chi connectivity index (χ1) is 12.5. The Balaban J connectivity index is 1.93. The molecule has 0 spiro atoms. The summed E-state index contributed by atoms with van der Waals surface area (Å²) in [5.74, 6) is -3.31. The van der Waals surface area contributed by atoms with Gasteiger partial charge >= 0.3 is 6.18 Å². The maximum atomic E-state index is 14.0. The summed E-state index contributed by atoms with van der Waals surface area (Å²) in [6.45, 7) is 0. The monoisotopic (exact) mass is 410 g/mol. The summed E-state index contributed by atoms with van der Waals surface area (Å²) in [5, 5.41) is 0. The van der Waals surface area contributed by atoms with Gasteiger partial charge < -0.3 is 9.72 Å². The number of alkyl halides is 3. The highest BCUT2D eigenvalue weighted by Gasteiger charge is 2.36. The number of aromatic amines is 1. The van der Waals surface area contributed by atoms with Crippen LogP contribution in [-0.4, -0.2) is 26.6 Å². The Hall–Kier alpha value is -2.14. The number of benzene rings is 1. The second-order valence-electron chi connectivity index (χ2n) is 6.13. The van der Waals surface area contributed by atoms with Crippen molar-refractivity contribution in [1.29, 1.82) is 0 Å². The molecular formula is C16H15F5N2O3S. The number of sulfonamides is 1. The van der Waals surface area contributed by atoms with E-state index in [2.05, 4.69) is 4.98 Å². The fourth-order valence-electron chi connectivity index (χ4n) is 3.05. The quantitative estimate of drug-likeness (QED) is 0.757. The van der Waals surface area contributed by atoms with E-state index in [1.165, 1.54) is 6.20 Å². The van der Waals surface area contributed by atoms with Gasteiger partial charge in [0.15, 0.2) is 0 Å². The van der Waals surface area contributed by atoms with Crippen LogP contribution >= 0.6 is 0 Å². The Morgan fingerprint density at radius 2 is 1.93 bits per heavy atom. The van der Waals surface area contributed by atoms with Crippen LogP contribution in [0.3, 0.4) is 0 Å². The number of hydrogen-bond acceptors (Lipinski definition) is 3. The SMILES string of the molecule is COC1CCc2c(S(=O)(=O)Nc3cc(F)c(C(F)(F)F)cc3F)c[nH]c2C1. The second-order valence-corrected chi connectivity index (χ2v) is 7.78. The molecule has 5 nitrogen and oxygen atoms in total. The second kappa shape index (κ2) is 6.79. The lowest BCUT2D eigenvalue weighted by molar-refractivity contribution is -0.140. The van der Waals surface area contributed by atoms with Crippen molar-refractivity contribution in [2.75, 3.05) is 11.8 Å². The van der Waals surface area contributed by atoms with Crippen molar-refractivity contribution in [1.82, 2.24) is 4.98 Å². The third-order valence-electron chi connectivity index (χ3n) is 4.42. The molecule has 1 aliphatic carbocycles. The molecule has 0 radical (unpaired) electrons. The van der Waals surface area contributed by atoms with Gasteiger partial charge in [-0.1, -0.05) is 0 Å². The highest BCUT2D eigenvalue weighted by Crippen LogP contribution is 2.35. The van der Waals surface area contributed by atoms with Gasteiger partial charge in [0.2, 0.25) is 0 Å². The van der Waals surface area contributed by atoms with Gasteiger partial charge in [-0.15, -0.1) is 0 Å². The lowest BCUT2D eigenvalue weighted by atomic mass is 9.95. The molecule has 1 atom stereocenters. The van der Waals surface area contributed by atoms with E-state index in [1.54, 1.807) is 7.11 Å². The summed E-state index contributed by atoms with van der Waals surface area (Å²) >= 11 is 0. The van der Waals surface area contributed by atoms with Crippen molar-refractivity contribution >= 4 is 15.7 Å². The molecule has 1 aliphatic rings. The molecule has 27 heavy (non-hydrogen) atoms. The molecular weight excluding hydrogens is 395 g/mol. The van der Waals surface area contributed by atoms with Crippen molar-refractivity contribution in [2.45, 2.75) is 36.4 Å². The van der Waals surface area contributed by atoms with Crippen LogP contribution in [0.25, 0.3) is 0 Å². The van der Waals surface area contributed by atoms with Crippen molar-refractivity contribution in [3.63, 3.8) is 0 Å². The lowest BCUT2D eigenvalue weighted by Gasteiger charge is -2.21. The molecule has 0 aliphatic heterocycles. The molecule has 0 saturated carbocycles. The van der Waals surface area contributed by atoms with Gasteiger partial charge in [0.1, 0.15) is 16.5 Å². The van der Waals surface area contributed by atoms with E-state index in [1.807, 2.05) is 4.72 Å². The largest absolute Gasteiger partial charge is 0.419 e. The number of rotatable bonds is 4. The summed E-state index contributed by atoms with van der Waals surface area (Å²) in [6.07, 6.45) is -2.53. The van der Waals surface area contributed by atoms with Gasteiger partial charge in [0, 0.05) is 31.5 Å². The van der Waals surface area contributed by atoms with E-state index < -0.39 is 39.1 Å². The van der Waals surface area contributed by atoms with E-state index in [0.29, 0.717) is 30.5 Å². The third-order valence-corrected chi connectivity index (χ3v) is 5.85. The molecule has 1 aromatic carbocycles. The van der Waals surface area contributed by atoms with Crippen LogP contribution in [0.1, 0.15) is 23.2 Å². The van der Waals surface area contributed by atoms with Crippen molar-refractivity contribution in [3.05, 3.63) is 46.8 Å². The fraction of sp³-hybridized carbons (Fsp3) is 0.375. The number of halogens is 5. The van der Waals surface area contributed by atoms with E-state index >= 15 is 0 Å². The van der Waals surface area contributed by atoms with Crippen molar-refractivity contribution in [3.8, 4) is 0 Å². The lowest BCUT2D eigenvalue weighted by Crippen LogP contribution is -2.22. The van der Waals surface area contributed by atoms with Crippen LogP contribution in [0.5, 0.6) is 0 Å². The van der Waals surface area contributed by atoms with Crippen LogP contribution in [0.2, 0.25) is 0 Å². The molecule has 2 N–H and O–H groups in total. The zero-order valence-corrected chi connectivity index (χ0v) is 14.8. The minimum absolute atomic E-state index is 0.0684. The number of methoxy groups -OCH3 is 1. The van der Waals surface area contributed by atoms with E-state index in [4.69, 9.17) is 4.74 Å². The van der Waals surface area contributed by atoms with Crippen LogP contribution in [0.4, 0.5) is 27.6 Å². The Morgan fingerprint density at radius 1 is 1.22 bits per heavy atom. The standard InChI is InChI=1S/C16H15F5N2O3S/c1-26-8-2-3-9-13(4-8)22-7-15(9)27(24,25)23-14-6-11(17)10(5-12(14)18)16(19,20)21/h5-8,22-23H,2-4H2,1H3. The number of fused-ring (bicyclic) bond motifs is 1. The summed E-state index contributed by atoms with van der Waals surface area (Å²) in [7, 11) is -2.79. The minimum atomic E-state index is -5.10. The molecule has 1 heterocycles. The van der Waals surface area contributed by atoms with Gasteiger partial charge in [0.25, 0.3) is 10.0 Å². The molecule has 0 bridgehead atoms. The normalized spacial score (nSPS) is 17.6. The summed E-state index contributed by atoms with van der Waals surface area (Å²) < 4.78 is 97.6. The summed E-state index contributed by atoms with van der Waals surface area (Å²) in [6, 6.07) is 0.0960. The molecule has 2 aromatic rings. The van der Waals surface area contributed by atoms with E-state index in [9.17, 15) is 30.4 Å². The van der Waals surface area contributed by atoms with Crippen molar-refractivity contribution in [2.24, 2.45) is 0 Å². The molecule has 148 valence electrons. The van der Waals surface area contributed by atoms with Crippen LogP contribution < -0.4 is 4.72 Å². The van der Waals surface area contributed by atoms with Crippen LogP contribution in [-0.2, 0) is 33.8 Å². The molecule has 11 heteroatoms. The summed E-state index contributed by atoms with van der Waals surface area (Å²) in [5.41, 5.74) is -1.58. The van der Waals surface area contributed by atoms with Crippen LogP contribution in [0, 0.1) is 11.6 Å². The Bertz CT molecular complexity index is 969. The zero-order chi connectivity index (χ0) is 20.0. The molecule has 1 unspecified atom stereocenters. The average molecular weight is 410 g/mol. The molecule has 1 aromatic heterocycles. The summed E-state index contributed by atoms with van der Waals surface area (Å²) in [4.78, 5) is 2.66. The number of hydrogen-bond donors (Lipinski definition) is 2. The van der Waals surface area contributed by atoms with Gasteiger partial charge in [0.05, 0.1) is 17.4 Å². The minimum Gasteiger partial charge on any atom is -0.381 e. The third kappa shape index (κ3) is 3.79. The number of H-pyrrole nitrogens is 1. The topological polar surface area (TPSA) is 71.2 Å². The number of anilines is 1. The maximum absolute atomic E-state index is 14.0. The Morgan fingerprint density at radius 3 is 2.56 bits per heavy atom. The highest BCUT2D eigenvalue weighted by atomic mass is 32.2. The van der Waals surface area contributed by atoms with Gasteiger partial charge in [-0.05, 0) is 24.5 Å². The Kier molecular flexibility index (Phi) is 4.93. The van der Waals surface area contributed by atoms with Crippen molar-refractivity contribution < 1.29 is 35.1 Å². The van der Waals surface area contributed by atoms with Gasteiger partial charge in [-0.25, -0.2) is 17.2 Å². The number of ether oxygens (including phenoxy) is 1.